The van der Waals surface area contributed by atoms with Crippen LogP contribution in [0.4, 0.5) is 0 Å². The topological polar surface area (TPSA) is 23.5 Å². The molecular weight excluding hydrogens is 162 g/mol. The number of nitrogens with zero attached hydrogens (tertiary/aromatic N) is 1. The molecule has 1 aliphatic rings. The first-order chi connectivity index (χ1) is 6.19. The van der Waals surface area contributed by atoms with Crippen molar-refractivity contribution >= 4 is 0 Å². The van der Waals surface area contributed by atoms with E-state index in [0.29, 0.717) is 11.7 Å². The molecule has 1 atom stereocenters. The molecule has 0 aromatic rings. The lowest BCUT2D eigenvalue weighted by Gasteiger charge is -2.26. The fourth-order valence-electron chi connectivity index (χ4n) is 1.58. The average Bonchev–Trinajstić information content (AvgIpc) is 2.13. The second-order valence-electron chi connectivity index (χ2n) is 3.51. The van der Waals surface area contributed by atoms with Crippen molar-refractivity contribution in [2.75, 3.05) is 13.1 Å². The standard InChI is InChI=1S/C11H19NO/c1-4-12(5-2)10-7-6-9(3)11(13)8-10/h7-9,13H,4-6H2,1-3H3. The average molecular weight is 181 g/mol. The van der Waals surface area contributed by atoms with E-state index < -0.39 is 0 Å². The number of likely N-dealkylation sites (N-methyl/N-ethyl adjacent to an activating group) is 1. The lowest BCUT2D eigenvalue weighted by atomic mass is 9.99. The van der Waals surface area contributed by atoms with Crippen LogP contribution < -0.4 is 0 Å². The van der Waals surface area contributed by atoms with E-state index in [4.69, 9.17) is 0 Å². The fourth-order valence-corrected chi connectivity index (χ4v) is 1.58. The number of aliphatic hydroxyl groups is 1. The summed E-state index contributed by atoms with van der Waals surface area (Å²) in [6, 6.07) is 0. The molecule has 0 amide bonds. The Kier molecular flexibility index (Phi) is 3.40. The van der Waals surface area contributed by atoms with Crippen molar-refractivity contribution in [1.82, 2.24) is 4.90 Å². The zero-order valence-corrected chi connectivity index (χ0v) is 8.75. The van der Waals surface area contributed by atoms with Gasteiger partial charge in [0.2, 0.25) is 0 Å². The summed E-state index contributed by atoms with van der Waals surface area (Å²) in [4.78, 5) is 2.25. The van der Waals surface area contributed by atoms with Crippen LogP contribution in [0.2, 0.25) is 0 Å². The molecule has 0 heterocycles. The van der Waals surface area contributed by atoms with Crippen molar-refractivity contribution in [3.63, 3.8) is 0 Å². The summed E-state index contributed by atoms with van der Waals surface area (Å²) in [5.74, 6) is 0.809. The molecule has 13 heavy (non-hydrogen) atoms. The minimum absolute atomic E-state index is 0.291. The van der Waals surface area contributed by atoms with Crippen molar-refractivity contribution in [3.8, 4) is 0 Å². The van der Waals surface area contributed by atoms with Crippen LogP contribution in [0.25, 0.3) is 0 Å². The maximum atomic E-state index is 9.58. The molecule has 1 unspecified atom stereocenters. The lowest BCUT2D eigenvalue weighted by molar-refractivity contribution is 0.322. The summed E-state index contributed by atoms with van der Waals surface area (Å²) in [6.45, 7) is 8.31. The van der Waals surface area contributed by atoms with Gasteiger partial charge in [-0.05, 0) is 26.3 Å². The van der Waals surface area contributed by atoms with Crippen LogP contribution in [-0.2, 0) is 0 Å². The largest absolute Gasteiger partial charge is 0.512 e. The van der Waals surface area contributed by atoms with Crippen molar-refractivity contribution in [2.24, 2.45) is 5.92 Å². The van der Waals surface area contributed by atoms with Gasteiger partial charge in [0, 0.05) is 24.7 Å². The van der Waals surface area contributed by atoms with Gasteiger partial charge >= 0.3 is 0 Å². The Morgan fingerprint density at radius 2 is 2.08 bits per heavy atom. The van der Waals surface area contributed by atoms with Crippen LogP contribution in [0.15, 0.2) is 23.6 Å². The Morgan fingerprint density at radius 1 is 1.46 bits per heavy atom. The highest BCUT2D eigenvalue weighted by Crippen LogP contribution is 2.23. The summed E-state index contributed by atoms with van der Waals surface area (Å²) in [6.07, 6.45) is 5.05. The Labute approximate surface area is 80.6 Å². The van der Waals surface area contributed by atoms with Gasteiger partial charge in [-0.1, -0.05) is 13.0 Å². The second kappa shape index (κ2) is 4.35. The van der Waals surface area contributed by atoms with Crippen LogP contribution in [0.1, 0.15) is 27.2 Å². The van der Waals surface area contributed by atoms with Crippen LogP contribution in [0, 0.1) is 5.92 Å². The highest BCUT2D eigenvalue weighted by Gasteiger charge is 2.14. The van der Waals surface area contributed by atoms with Gasteiger partial charge in [-0.2, -0.15) is 0 Å². The fraction of sp³-hybridized carbons (Fsp3) is 0.636. The van der Waals surface area contributed by atoms with Crippen molar-refractivity contribution in [1.29, 1.82) is 0 Å². The van der Waals surface area contributed by atoms with E-state index in [0.717, 1.165) is 19.5 Å². The van der Waals surface area contributed by atoms with Crippen LogP contribution in [0.5, 0.6) is 0 Å². The molecule has 0 bridgehead atoms. The zero-order valence-electron chi connectivity index (χ0n) is 8.75. The lowest BCUT2D eigenvalue weighted by Crippen LogP contribution is -2.23. The summed E-state index contributed by atoms with van der Waals surface area (Å²) >= 11 is 0. The van der Waals surface area contributed by atoms with Crippen molar-refractivity contribution < 1.29 is 5.11 Å². The number of hydrogen-bond donors (Lipinski definition) is 1. The third-order valence-corrected chi connectivity index (χ3v) is 2.61. The molecule has 0 aromatic heterocycles. The quantitative estimate of drug-likeness (QED) is 0.723. The predicted molar refractivity (Wildman–Crippen MR) is 55.5 cm³/mol. The van der Waals surface area contributed by atoms with E-state index in [-0.39, 0.29) is 0 Å². The first kappa shape index (κ1) is 10.2. The molecular formula is C11H19NO. The first-order valence-electron chi connectivity index (χ1n) is 5.04. The van der Waals surface area contributed by atoms with E-state index >= 15 is 0 Å². The van der Waals surface area contributed by atoms with Gasteiger partial charge in [-0.15, -0.1) is 0 Å². The third kappa shape index (κ3) is 2.27. The number of allylic oxidation sites excluding steroid dienone is 3. The maximum absolute atomic E-state index is 9.58. The molecule has 0 spiro atoms. The summed E-state index contributed by atoms with van der Waals surface area (Å²) in [7, 11) is 0. The Balaban J connectivity index is 2.72. The minimum Gasteiger partial charge on any atom is -0.512 e. The number of aliphatic hydroxyl groups excluding tert-OH is 1. The van der Waals surface area contributed by atoms with E-state index in [1.807, 2.05) is 13.0 Å². The molecule has 0 aromatic carbocycles. The summed E-state index contributed by atoms with van der Waals surface area (Å²) < 4.78 is 0. The minimum atomic E-state index is 0.291. The highest BCUT2D eigenvalue weighted by atomic mass is 16.3. The van der Waals surface area contributed by atoms with Gasteiger partial charge in [0.05, 0.1) is 5.76 Å². The monoisotopic (exact) mass is 181 g/mol. The first-order valence-corrected chi connectivity index (χ1v) is 5.04. The van der Waals surface area contributed by atoms with E-state index in [1.165, 1.54) is 5.70 Å². The van der Waals surface area contributed by atoms with Crippen LogP contribution in [-0.4, -0.2) is 23.1 Å². The molecule has 74 valence electrons. The highest BCUT2D eigenvalue weighted by molar-refractivity contribution is 5.25. The number of hydrogen-bond acceptors (Lipinski definition) is 2. The smallest absolute Gasteiger partial charge is 0.0974 e. The van der Waals surface area contributed by atoms with Crippen molar-refractivity contribution in [2.45, 2.75) is 27.2 Å². The summed E-state index contributed by atoms with van der Waals surface area (Å²) in [5.41, 5.74) is 1.17. The zero-order chi connectivity index (χ0) is 9.84. The van der Waals surface area contributed by atoms with E-state index in [9.17, 15) is 5.11 Å². The van der Waals surface area contributed by atoms with Crippen LogP contribution in [0.3, 0.4) is 0 Å². The second-order valence-corrected chi connectivity index (χ2v) is 3.51. The van der Waals surface area contributed by atoms with E-state index in [1.54, 1.807) is 0 Å². The molecule has 1 aliphatic carbocycles. The molecule has 0 aliphatic heterocycles. The number of rotatable bonds is 3. The predicted octanol–water partition coefficient (Wildman–Crippen LogP) is 2.69. The molecule has 0 saturated heterocycles. The molecule has 1 N–H and O–H groups in total. The van der Waals surface area contributed by atoms with Gasteiger partial charge in [0.1, 0.15) is 0 Å². The van der Waals surface area contributed by atoms with E-state index in [2.05, 4.69) is 24.8 Å². The Morgan fingerprint density at radius 3 is 2.54 bits per heavy atom. The van der Waals surface area contributed by atoms with Gasteiger partial charge < -0.3 is 10.0 Å². The SMILES string of the molecule is CCN(CC)C1=CCC(C)C(O)=C1. The molecule has 2 heteroatoms. The maximum Gasteiger partial charge on any atom is 0.0974 e. The van der Waals surface area contributed by atoms with Crippen molar-refractivity contribution in [3.05, 3.63) is 23.6 Å². The van der Waals surface area contributed by atoms with Crippen LogP contribution >= 0.6 is 0 Å². The molecule has 0 radical (unpaired) electrons. The summed E-state index contributed by atoms with van der Waals surface area (Å²) in [5, 5.41) is 9.58. The van der Waals surface area contributed by atoms with Gasteiger partial charge in [0.15, 0.2) is 0 Å². The van der Waals surface area contributed by atoms with Gasteiger partial charge in [0.25, 0.3) is 0 Å². The normalized spacial score (nSPS) is 22.2. The Hall–Kier alpha value is -0.920. The molecule has 1 rings (SSSR count). The molecule has 2 nitrogen and oxygen atoms in total. The molecule has 0 saturated carbocycles. The van der Waals surface area contributed by atoms with Gasteiger partial charge in [-0.3, -0.25) is 0 Å². The van der Waals surface area contributed by atoms with Gasteiger partial charge in [-0.25, -0.2) is 0 Å². The third-order valence-electron chi connectivity index (χ3n) is 2.61. The Bertz CT molecular complexity index is 226. The molecule has 0 fully saturated rings.